The number of ether oxygens (including phenoxy) is 1. The molecule has 0 aliphatic rings. The summed E-state index contributed by atoms with van der Waals surface area (Å²) in [5, 5.41) is 9.29. The van der Waals surface area contributed by atoms with Crippen molar-refractivity contribution in [2.75, 3.05) is 12.4 Å². The zero-order chi connectivity index (χ0) is 17.1. The highest BCUT2D eigenvalue weighted by Gasteiger charge is 2.15. The molecular weight excluding hydrogens is 310 g/mol. The first kappa shape index (κ1) is 15.5. The van der Waals surface area contributed by atoms with Crippen molar-refractivity contribution in [3.63, 3.8) is 0 Å². The molecular formula is C16H15N5O3. The van der Waals surface area contributed by atoms with Crippen LogP contribution >= 0.6 is 0 Å². The van der Waals surface area contributed by atoms with Crippen LogP contribution in [0.3, 0.4) is 0 Å². The molecule has 2 aromatic heterocycles. The number of anilines is 1. The van der Waals surface area contributed by atoms with E-state index in [0.717, 1.165) is 5.56 Å². The number of H-pyrrole nitrogens is 2. The molecule has 1 aromatic carbocycles. The number of benzene rings is 1. The fraction of sp³-hybridized carbons (Fsp3) is 0.125. The molecule has 3 rings (SSSR count). The third kappa shape index (κ3) is 3.02. The standard InChI is InChI=1S/C16H15N5O3/c1-9(22)10-7-12(17-8-10)15(23)19-16-18-14(20-21-16)11-5-3-4-6-13(11)24-2/h3-8,17H,1-2H3,(H2,18,19,20,21,23). The maximum absolute atomic E-state index is 12.1. The van der Waals surface area contributed by atoms with Gasteiger partial charge in [-0.2, -0.15) is 4.98 Å². The van der Waals surface area contributed by atoms with E-state index in [-0.39, 0.29) is 17.4 Å². The van der Waals surface area contributed by atoms with Gasteiger partial charge >= 0.3 is 0 Å². The second-order valence-electron chi connectivity index (χ2n) is 5.02. The number of rotatable bonds is 5. The molecule has 0 unspecified atom stereocenters. The van der Waals surface area contributed by atoms with Crippen molar-refractivity contribution in [1.82, 2.24) is 20.2 Å². The van der Waals surface area contributed by atoms with Crippen molar-refractivity contribution in [2.45, 2.75) is 6.92 Å². The van der Waals surface area contributed by atoms with Crippen LogP contribution in [0.4, 0.5) is 5.95 Å². The van der Waals surface area contributed by atoms with E-state index in [1.165, 1.54) is 19.2 Å². The lowest BCUT2D eigenvalue weighted by atomic mass is 10.2. The normalized spacial score (nSPS) is 10.4. The number of ketones is 1. The minimum absolute atomic E-state index is 0.123. The highest BCUT2D eigenvalue weighted by molar-refractivity contribution is 6.04. The number of carbonyl (C=O) groups excluding carboxylic acids is 2. The van der Waals surface area contributed by atoms with Crippen LogP contribution in [0.2, 0.25) is 0 Å². The Hall–Kier alpha value is -3.42. The topological polar surface area (TPSA) is 113 Å². The Morgan fingerprint density at radius 3 is 2.75 bits per heavy atom. The van der Waals surface area contributed by atoms with Crippen LogP contribution in [-0.4, -0.2) is 39.0 Å². The van der Waals surface area contributed by atoms with Gasteiger partial charge in [0.25, 0.3) is 5.91 Å². The van der Waals surface area contributed by atoms with Crippen LogP contribution in [0.5, 0.6) is 5.75 Å². The molecule has 2 heterocycles. The van der Waals surface area contributed by atoms with Gasteiger partial charge in [-0.3, -0.25) is 20.0 Å². The lowest BCUT2D eigenvalue weighted by Crippen LogP contribution is -2.13. The van der Waals surface area contributed by atoms with E-state index in [1.807, 2.05) is 18.2 Å². The van der Waals surface area contributed by atoms with Crippen molar-refractivity contribution in [1.29, 1.82) is 0 Å². The summed E-state index contributed by atoms with van der Waals surface area (Å²) in [4.78, 5) is 30.4. The number of hydrogen-bond acceptors (Lipinski definition) is 5. The number of para-hydroxylation sites is 1. The Morgan fingerprint density at radius 1 is 1.25 bits per heavy atom. The second kappa shape index (κ2) is 6.37. The average molecular weight is 325 g/mol. The van der Waals surface area contributed by atoms with Crippen molar-refractivity contribution >= 4 is 17.6 Å². The molecule has 0 saturated heterocycles. The molecule has 0 saturated carbocycles. The number of methoxy groups -OCH3 is 1. The van der Waals surface area contributed by atoms with Crippen LogP contribution in [0.1, 0.15) is 27.8 Å². The zero-order valence-electron chi connectivity index (χ0n) is 13.1. The van der Waals surface area contributed by atoms with Gasteiger partial charge in [0, 0.05) is 11.8 Å². The van der Waals surface area contributed by atoms with Crippen molar-refractivity contribution < 1.29 is 14.3 Å². The quantitative estimate of drug-likeness (QED) is 0.623. The van der Waals surface area contributed by atoms with Crippen LogP contribution in [0.15, 0.2) is 36.5 Å². The summed E-state index contributed by atoms with van der Waals surface area (Å²) in [5.41, 5.74) is 1.42. The number of nitrogens with zero attached hydrogens (tertiary/aromatic N) is 2. The zero-order valence-corrected chi connectivity index (χ0v) is 13.1. The summed E-state index contributed by atoms with van der Waals surface area (Å²) in [6.07, 6.45) is 1.48. The predicted octanol–water partition coefficient (Wildman–Crippen LogP) is 2.26. The third-order valence-electron chi connectivity index (χ3n) is 3.41. The predicted molar refractivity (Wildman–Crippen MR) is 87.1 cm³/mol. The third-order valence-corrected chi connectivity index (χ3v) is 3.41. The Bertz CT molecular complexity index is 897. The first-order chi connectivity index (χ1) is 11.6. The summed E-state index contributed by atoms with van der Waals surface area (Å²) in [6, 6.07) is 8.80. The van der Waals surface area contributed by atoms with Gasteiger partial charge in [-0.25, -0.2) is 0 Å². The first-order valence-corrected chi connectivity index (χ1v) is 7.15. The molecule has 24 heavy (non-hydrogen) atoms. The molecule has 3 N–H and O–H groups in total. The van der Waals surface area contributed by atoms with Crippen LogP contribution in [0, 0.1) is 0 Å². The monoisotopic (exact) mass is 325 g/mol. The lowest BCUT2D eigenvalue weighted by molar-refractivity contribution is 0.101. The number of aromatic nitrogens is 4. The number of hydrogen-bond donors (Lipinski definition) is 3. The Balaban J connectivity index is 1.78. The Kier molecular flexibility index (Phi) is 4.11. The van der Waals surface area contributed by atoms with Crippen LogP contribution < -0.4 is 10.1 Å². The van der Waals surface area contributed by atoms with Crippen molar-refractivity contribution in [3.05, 3.63) is 47.8 Å². The largest absolute Gasteiger partial charge is 0.496 e. The lowest BCUT2D eigenvalue weighted by Gasteiger charge is -2.04. The van der Waals surface area contributed by atoms with Gasteiger partial charge in [-0.1, -0.05) is 12.1 Å². The molecule has 0 radical (unpaired) electrons. The summed E-state index contributed by atoms with van der Waals surface area (Å²) in [7, 11) is 1.57. The molecule has 0 bridgehead atoms. The Labute approximate surface area is 137 Å². The van der Waals surface area contributed by atoms with E-state index < -0.39 is 5.91 Å². The van der Waals surface area contributed by atoms with Gasteiger partial charge < -0.3 is 9.72 Å². The van der Waals surface area contributed by atoms with Gasteiger partial charge in [0.1, 0.15) is 11.4 Å². The SMILES string of the molecule is COc1ccccc1-c1nc(NC(=O)c2cc(C(C)=O)c[nH]2)n[nH]1. The molecule has 0 fully saturated rings. The summed E-state index contributed by atoms with van der Waals surface area (Å²) < 4.78 is 5.27. The number of carbonyl (C=O) groups is 2. The summed E-state index contributed by atoms with van der Waals surface area (Å²) in [6.45, 7) is 1.43. The fourth-order valence-electron chi connectivity index (χ4n) is 2.18. The van der Waals surface area contributed by atoms with E-state index in [1.54, 1.807) is 13.2 Å². The molecule has 0 aliphatic carbocycles. The molecule has 8 nitrogen and oxygen atoms in total. The number of aromatic amines is 2. The maximum atomic E-state index is 12.1. The van der Waals surface area contributed by atoms with E-state index in [9.17, 15) is 9.59 Å². The number of nitrogens with one attached hydrogen (secondary N) is 3. The number of amides is 1. The number of Topliss-reactive ketones (excluding diaryl/α,β-unsaturated/α-hetero) is 1. The molecule has 0 aliphatic heterocycles. The van der Waals surface area contributed by atoms with Gasteiger partial charge in [0.2, 0.25) is 5.95 Å². The highest BCUT2D eigenvalue weighted by Crippen LogP contribution is 2.27. The van der Waals surface area contributed by atoms with Gasteiger partial charge in [-0.15, -0.1) is 5.10 Å². The average Bonchev–Trinajstić information content (AvgIpc) is 3.24. The smallest absolute Gasteiger partial charge is 0.274 e. The van der Waals surface area contributed by atoms with E-state index in [0.29, 0.717) is 17.1 Å². The fourth-order valence-corrected chi connectivity index (χ4v) is 2.18. The van der Waals surface area contributed by atoms with E-state index >= 15 is 0 Å². The Morgan fingerprint density at radius 2 is 2.04 bits per heavy atom. The van der Waals surface area contributed by atoms with Crippen molar-refractivity contribution in [2.24, 2.45) is 0 Å². The minimum Gasteiger partial charge on any atom is -0.496 e. The maximum Gasteiger partial charge on any atom is 0.274 e. The van der Waals surface area contributed by atoms with Crippen LogP contribution in [0.25, 0.3) is 11.4 Å². The second-order valence-corrected chi connectivity index (χ2v) is 5.02. The summed E-state index contributed by atoms with van der Waals surface area (Å²) >= 11 is 0. The minimum atomic E-state index is -0.437. The van der Waals surface area contributed by atoms with Crippen LogP contribution in [-0.2, 0) is 0 Å². The molecule has 3 aromatic rings. The van der Waals surface area contributed by atoms with Gasteiger partial charge in [0.15, 0.2) is 11.6 Å². The molecule has 122 valence electrons. The highest BCUT2D eigenvalue weighted by atomic mass is 16.5. The molecule has 1 amide bonds. The van der Waals surface area contributed by atoms with Gasteiger partial charge in [0.05, 0.1) is 12.7 Å². The molecule has 0 spiro atoms. The first-order valence-electron chi connectivity index (χ1n) is 7.15. The van der Waals surface area contributed by atoms with E-state index in [2.05, 4.69) is 25.5 Å². The van der Waals surface area contributed by atoms with E-state index in [4.69, 9.17) is 4.74 Å². The van der Waals surface area contributed by atoms with Crippen molar-refractivity contribution in [3.8, 4) is 17.1 Å². The molecule has 0 atom stereocenters. The summed E-state index contributed by atoms with van der Waals surface area (Å²) in [5.74, 6) is 0.676. The molecule has 8 heteroatoms. The van der Waals surface area contributed by atoms with Gasteiger partial charge in [-0.05, 0) is 25.1 Å².